The Kier molecular flexibility index (Phi) is 4.91. The molecule has 0 atom stereocenters. The summed E-state index contributed by atoms with van der Waals surface area (Å²) < 4.78 is 5.53. The van der Waals surface area contributed by atoms with E-state index in [0.717, 1.165) is 36.3 Å². The number of carbonyl (C=O) groups is 1. The number of hydrogen-bond acceptors (Lipinski definition) is 3. The van der Waals surface area contributed by atoms with Crippen LogP contribution in [0.2, 0.25) is 0 Å². The lowest BCUT2D eigenvalue weighted by Crippen LogP contribution is -2.36. The fraction of sp³-hybridized carbons (Fsp3) is 0.500. The van der Waals surface area contributed by atoms with Gasteiger partial charge in [-0.05, 0) is 45.2 Å². The molecule has 1 aromatic rings. The molecule has 1 aromatic carbocycles. The summed E-state index contributed by atoms with van der Waals surface area (Å²) in [6.07, 6.45) is 0.613. The van der Waals surface area contributed by atoms with Crippen molar-refractivity contribution < 1.29 is 9.53 Å². The summed E-state index contributed by atoms with van der Waals surface area (Å²) in [6.45, 7) is 13.7. The zero-order valence-electron chi connectivity index (χ0n) is 14.0. The van der Waals surface area contributed by atoms with Crippen molar-refractivity contribution in [3.63, 3.8) is 0 Å². The number of amides is 1. The number of benzene rings is 1. The fourth-order valence-electron chi connectivity index (χ4n) is 2.59. The SMILES string of the molecule is C=C(C)CNCc1cccc2c1N(C(=O)OC(C)(C)C)CC2. The smallest absolute Gasteiger partial charge is 0.414 e. The highest BCUT2D eigenvalue weighted by molar-refractivity contribution is 5.91. The number of nitrogens with zero attached hydrogens (tertiary/aromatic N) is 1. The highest BCUT2D eigenvalue weighted by Gasteiger charge is 2.30. The molecular formula is C18H26N2O2. The van der Waals surface area contributed by atoms with E-state index in [1.165, 1.54) is 5.56 Å². The average Bonchev–Trinajstić information content (AvgIpc) is 2.81. The van der Waals surface area contributed by atoms with Gasteiger partial charge in [0, 0.05) is 19.6 Å². The second kappa shape index (κ2) is 6.53. The maximum absolute atomic E-state index is 12.4. The third-order valence-electron chi connectivity index (χ3n) is 3.43. The van der Waals surface area contributed by atoms with Gasteiger partial charge < -0.3 is 10.1 Å². The standard InChI is InChI=1S/C18H26N2O2/c1-13(2)11-19-12-15-8-6-7-14-9-10-20(16(14)15)17(21)22-18(3,4)5/h6-8,19H,1,9-12H2,2-5H3. The Labute approximate surface area is 133 Å². The van der Waals surface area contributed by atoms with Crippen molar-refractivity contribution in [1.29, 1.82) is 0 Å². The van der Waals surface area contributed by atoms with Crippen LogP contribution in [-0.2, 0) is 17.7 Å². The van der Waals surface area contributed by atoms with E-state index in [4.69, 9.17) is 4.74 Å². The van der Waals surface area contributed by atoms with Crippen LogP contribution in [0.4, 0.5) is 10.5 Å². The molecule has 4 nitrogen and oxygen atoms in total. The van der Waals surface area contributed by atoms with Crippen LogP contribution >= 0.6 is 0 Å². The monoisotopic (exact) mass is 302 g/mol. The van der Waals surface area contributed by atoms with Crippen LogP contribution in [0.1, 0.15) is 38.8 Å². The van der Waals surface area contributed by atoms with Gasteiger partial charge in [0.05, 0.1) is 5.69 Å². The van der Waals surface area contributed by atoms with Crippen molar-refractivity contribution in [1.82, 2.24) is 5.32 Å². The van der Waals surface area contributed by atoms with E-state index in [1.807, 2.05) is 27.7 Å². The summed E-state index contributed by atoms with van der Waals surface area (Å²) in [5.41, 5.74) is 3.96. The molecule has 0 spiro atoms. The van der Waals surface area contributed by atoms with Gasteiger partial charge in [-0.2, -0.15) is 0 Å². The molecule has 120 valence electrons. The predicted molar refractivity (Wildman–Crippen MR) is 90.2 cm³/mol. The molecule has 0 unspecified atom stereocenters. The number of carbonyl (C=O) groups excluding carboxylic acids is 1. The van der Waals surface area contributed by atoms with Crippen LogP contribution < -0.4 is 10.2 Å². The Morgan fingerprint density at radius 1 is 1.41 bits per heavy atom. The van der Waals surface area contributed by atoms with Gasteiger partial charge in [0.2, 0.25) is 0 Å². The van der Waals surface area contributed by atoms with Crippen LogP contribution in [-0.4, -0.2) is 24.8 Å². The third-order valence-corrected chi connectivity index (χ3v) is 3.43. The zero-order valence-corrected chi connectivity index (χ0v) is 14.0. The predicted octanol–water partition coefficient (Wildman–Crippen LogP) is 3.65. The Hall–Kier alpha value is -1.81. The first-order valence-electron chi connectivity index (χ1n) is 7.74. The third kappa shape index (κ3) is 4.10. The first-order chi connectivity index (χ1) is 10.3. The topological polar surface area (TPSA) is 41.6 Å². The van der Waals surface area contributed by atoms with Gasteiger partial charge >= 0.3 is 6.09 Å². The summed E-state index contributed by atoms with van der Waals surface area (Å²) in [5.74, 6) is 0. The van der Waals surface area contributed by atoms with E-state index >= 15 is 0 Å². The first kappa shape index (κ1) is 16.6. The van der Waals surface area contributed by atoms with Crippen LogP contribution in [0, 0.1) is 0 Å². The molecule has 2 rings (SSSR count). The van der Waals surface area contributed by atoms with Crippen molar-refractivity contribution in [2.45, 2.75) is 46.3 Å². The molecule has 1 heterocycles. The Bertz CT molecular complexity index is 573. The number of anilines is 1. The van der Waals surface area contributed by atoms with Crippen LogP contribution in [0.15, 0.2) is 30.4 Å². The minimum atomic E-state index is -0.479. The van der Waals surface area contributed by atoms with E-state index in [1.54, 1.807) is 4.90 Å². The summed E-state index contributed by atoms with van der Waals surface area (Å²) in [6, 6.07) is 6.20. The molecule has 1 aliphatic rings. The minimum absolute atomic E-state index is 0.265. The van der Waals surface area contributed by atoms with E-state index in [-0.39, 0.29) is 6.09 Å². The van der Waals surface area contributed by atoms with Crippen LogP contribution in [0.5, 0.6) is 0 Å². The number of para-hydroxylation sites is 1. The maximum Gasteiger partial charge on any atom is 0.414 e. The minimum Gasteiger partial charge on any atom is -0.443 e. The summed E-state index contributed by atoms with van der Waals surface area (Å²) in [7, 11) is 0. The summed E-state index contributed by atoms with van der Waals surface area (Å²) in [4.78, 5) is 14.2. The fourth-order valence-corrected chi connectivity index (χ4v) is 2.59. The van der Waals surface area contributed by atoms with Gasteiger partial charge in [-0.15, -0.1) is 0 Å². The molecule has 0 aliphatic carbocycles. The molecule has 0 saturated heterocycles. The van der Waals surface area contributed by atoms with Crippen LogP contribution in [0.3, 0.4) is 0 Å². The van der Waals surface area contributed by atoms with Crippen LogP contribution in [0.25, 0.3) is 0 Å². The Balaban J connectivity index is 2.17. The largest absolute Gasteiger partial charge is 0.443 e. The van der Waals surface area contributed by atoms with E-state index in [0.29, 0.717) is 6.54 Å². The van der Waals surface area contributed by atoms with Crippen molar-refractivity contribution in [2.75, 3.05) is 18.0 Å². The Morgan fingerprint density at radius 2 is 2.14 bits per heavy atom. The number of fused-ring (bicyclic) bond motifs is 1. The lowest BCUT2D eigenvalue weighted by Gasteiger charge is -2.26. The maximum atomic E-state index is 12.4. The van der Waals surface area contributed by atoms with E-state index in [2.05, 4.69) is 30.1 Å². The van der Waals surface area contributed by atoms with Crippen molar-refractivity contribution in [2.24, 2.45) is 0 Å². The molecule has 1 amide bonds. The number of hydrogen-bond donors (Lipinski definition) is 1. The van der Waals surface area contributed by atoms with Gasteiger partial charge in [-0.25, -0.2) is 4.79 Å². The quantitative estimate of drug-likeness (QED) is 0.863. The molecule has 0 bridgehead atoms. The molecule has 0 saturated carbocycles. The molecule has 0 radical (unpaired) electrons. The van der Waals surface area contributed by atoms with Gasteiger partial charge in [-0.1, -0.05) is 30.4 Å². The second-order valence-corrected chi connectivity index (χ2v) is 6.87. The molecule has 4 heteroatoms. The number of rotatable bonds is 4. The van der Waals surface area contributed by atoms with Crippen molar-refractivity contribution in [3.05, 3.63) is 41.5 Å². The summed E-state index contributed by atoms with van der Waals surface area (Å²) >= 11 is 0. The molecule has 0 fully saturated rings. The van der Waals surface area contributed by atoms with Gasteiger partial charge in [0.25, 0.3) is 0 Å². The first-order valence-corrected chi connectivity index (χ1v) is 7.74. The van der Waals surface area contributed by atoms with Gasteiger partial charge in [-0.3, -0.25) is 4.90 Å². The average molecular weight is 302 g/mol. The normalized spacial score (nSPS) is 13.9. The number of ether oxygens (including phenoxy) is 1. The van der Waals surface area contributed by atoms with Gasteiger partial charge in [0.15, 0.2) is 0 Å². The van der Waals surface area contributed by atoms with Crippen molar-refractivity contribution in [3.8, 4) is 0 Å². The molecule has 22 heavy (non-hydrogen) atoms. The number of nitrogens with one attached hydrogen (secondary N) is 1. The molecule has 1 aliphatic heterocycles. The summed E-state index contributed by atoms with van der Waals surface area (Å²) in [5, 5.41) is 3.36. The molecular weight excluding hydrogens is 276 g/mol. The van der Waals surface area contributed by atoms with E-state index in [9.17, 15) is 4.79 Å². The van der Waals surface area contributed by atoms with E-state index < -0.39 is 5.60 Å². The molecule has 0 aromatic heterocycles. The lowest BCUT2D eigenvalue weighted by atomic mass is 10.1. The lowest BCUT2D eigenvalue weighted by molar-refractivity contribution is 0.0583. The second-order valence-electron chi connectivity index (χ2n) is 6.87. The zero-order chi connectivity index (χ0) is 16.3. The highest BCUT2D eigenvalue weighted by Crippen LogP contribution is 2.33. The van der Waals surface area contributed by atoms with Gasteiger partial charge in [0.1, 0.15) is 5.60 Å². The highest BCUT2D eigenvalue weighted by atomic mass is 16.6. The molecule has 1 N–H and O–H groups in total. The Morgan fingerprint density at radius 3 is 2.77 bits per heavy atom. The van der Waals surface area contributed by atoms with Crippen molar-refractivity contribution >= 4 is 11.8 Å².